The zero-order chi connectivity index (χ0) is 17.9. The number of rotatable bonds is 6. The van der Waals surface area contributed by atoms with Crippen LogP contribution in [-0.2, 0) is 21.4 Å². The van der Waals surface area contributed by atoms with E-state index >= 15 is 0 Å². The molecule has 7 heteroatoms. The van der Waals surface area contributed by atoms with Crippen LogP contribution in [0.15, 0.2) is 59.5 Å². The third kappa shape index (κ3) is 3.83. The number of carboxylic acids is 1. The Balaban J connectivity index is 1.72. The Kier molecular flexibility index (Phi) is 5.06. The van der Waals surface area contributed by atoms with E-state index in [9.17, 15) is 18.3 Å². The summed E-state index contributed by atoms with van der Waals surface area (Å²) < 4.78 is 32.0. The molecule has 0 bridgehead atoms. The quantitative estimate of drug-likeness (QED) is 0.855. The summed E-state index contributed by atoms with van der Waals surface area (Å²) in [4.78, 5) is 11.3. The summed E-state index contributed by atoms with van der Waals surface area (Å²) >= 11 is 0. The first kappa shape index (κ1) is 17.4. The van der Waals surface area contributed by atoms with E-state index in [0.29, 0.717) is 25.2 Å². The van der Waals surface area contributed by atoms with Crippen LogP contribution in [-0.4, -0.2) is 36.4 Å². The molecular formula is C18H19NO5S. The van der Waals surface area contributed by atoms with Crippen LogP contribution in [0.4, 0.5) is 0 Å². The molecule has 3 rings (SSSR count). The lowest BCUT2D eigenvalue weighted by molar-refractivity contribution is -0.140. The second-order valence-electron chi connectivity index (χ2n) is 5.86. The van der Waals surface area contributed by atoms with Crippen LogP contribution in [0.5, 0.6) is 5.75 Å². The first-order chi connectivity index (χ1) is 12.0. The lowest BCUT2D eigenvalue weighted by Gasteiger charge is -2.21. The highest BCUT2D eigenvalue weighted by molar-refractivity contribution is 7.89. The Hall–Kier alpha value is -2.38. The van der Waals surface area contributed by atoms with E-state index in [0.717, 1.165) is 9.87 Å². The van der Waals surface area contributed by atoms with Gasteiger partial charge >= 0.3 is 5.97 Å². The van der Waals surface area contributed by atoms with Crippen molar-refractivity contribution in [2.45, 2.75) is 30.4 Å². The van der Waals surface area contributed by atoms with Gasteiger partial charge in [0, 0.05) is 6.54 Å². The van der Waals surface area contributed by atoms with Gasteiger partial charge in [0.2, 0.25) is 10.0 Å². The molecule has 132 valence electrons. The summed E-state index contributed by atoms with van der Waals surface area (Å²) in [7, 11) is -3.82. The Labute approximate surface area is 146 Å². The molecule has 1 unspecified atom stereocenters. The van der Waals surface area contributed by atoms with E-state index in [2.05, 4.69) is 0 Å². The van der Waals surface area contributed by atoms with Crippen molar-refractivity contribution in [2.24, 2.45) is 0 Å². The molecular weight excluding hydrogens is 342 g/mol. The maximum Gasteiger partial charge on any atom is 0.322 e. The minimum Gasteiger partial charge on any atom is -0.489 e. The average molecular weight is 361 g/mol. The average Bonchev–Trinajstić information content (AvgIpc) is 3.12. The molecule has 1 aliphatic rings. The minimum atomic E-state index is -3.82. The van der Waals surface area contributed by atoms with Crippen molar-refractivity contribution in [2.75, 3.05) is 6.54 Å². The minimum absolute atomic E-state index is 0.0766. The van der Waals surface area contributed by atoms with Crippen molar-refractivity contribution in [1.82, 2.24) is 4.31 Å². The predicted octanol–water partition coefficient (Wildman–Crippen LogP) is 2.50. The standard InChI is InChI=1S/C18H19NO5S/c20-18(21)17-7-4-12-19(17)25(22,23)16-10-8-15(9-11-16)24-13-14-5-2-1-3-6-14/h1-3,5-6,8-11,17H,4,7,12-13H2,(H,20,21). The van der Waals surface area contributed by atoms with Gasteiger partial charge in [-0.25, -0.2) is 8.42 Å². The largest absolute Gasteiger partial charge is 0.489 e. The zero-order valence-corrected chi connectivity index (χ0v) is 14.4. The molecule has 2 aromatic carbocycles. The zero-order valence-electron chi connectivity index (χ0n) is 13.5. The highest BCUT2D eigenvalue weighted by Crippen LogP contribution is 2.27. The van der Waals surface area contributed by atoms with E-state index in [-0.39, 0.29) is 11.4 Å². The van der Waals surface area contributed by atoms with Crippen LogP contribution in [0, 0.1) is 0 Å². The van der Waals surface area contributed by atoms with E-state index in [4.69, 9.17) is 4.74 Å². The molecule has 1 aliphatic heterocycles. The Bertz CT molecular complexity index is 834. The second kappa shape index (κ2) is 7.25. The molecule has 0 spiro atoms. The summed E-state index contributed by atoms with van der Waals surface area (Å²) in [6.07, 6.45) is 0.890. The van der Waals surface area contributed by atoms with E-state index < -0.39 is 22.0 Å². The molecule has 0 radical (unpaired) electrons. The van der Waals surface area contributed by atoms with Crippen LogP contribution in [0.2, 0.25) is 0 Å². The summed E-state index contributed by atoms with van der Waals surface area (Å²) in [5, 5.41) is 9.19. The highest BCUT2D eigenvalue weighted by Gasteiger charge is 2.39. The molecule has 0 aliphatic carbocycles. The number of hydrogen-bond donors (Lipinski definition) is 1. The van der Waals surface area contributed by atoms with Crippen molar-refractivity contribution < 1.29 is 23.1 Å². The number of carbonyl (C=O) groups is 1. The van der Waals surface area contributed by atoms with Gasteiger partial charge in [0.15, 0.2) is 0 Å². The van der Waals surface area contributed by atoms with Crippen molar-refractivity contribution in [3.8, 4) is 5.75 Å². The third-order valence-corrected chi connectivity index (χ3v) is 6.09. The summed E-state index contributed by atoms with van der Waals surface area (Å²) in [6, 6.07) is 14.7. The van der Waals surface area contributed by atoms with Gasteiger partial charge in [-0.1, -0.05) is 30.3 Å². The van der Waals surface area contributed by atoms with Gasteiger partial charge in [0.05, 0.1) is 4.90 Å². The summed E-state index contributed by atoms with van der Waals surface area (Å²) in [5.74, 6) is -0.553. The number of hydrogen-bond acceptors (Lipinski definition) is 4. The van der Waals surface area contributed by atoms with Gasteiger partial charge in [-0.3, -0.25) is 4.79 Å². The van der Waals surface area contributed by atoms with Crippen molar-refractivity contribution in [3.05, 3.63) is 60.2 Å². The summed E-state index contributed by atoms with van der Waals surface area (Å²) in [6.45, 7) is 0.617. The van der Waals surface area contributed by atoms with Gasteiger partial charge in [0.1, 0.15) is 18.4 Å². The van der Waals surface area contributed by atoms with Crippen LogP contribution in [0.3, 0.4) is 0 Å². The molecule has 2 aromatic rings. The van der Waals surface area contributed by atoms with Gasteiger partial charge in [-0.2, -0.15) is 4.31 Å². The molecule has 1 heterocycles. The fraction of sp³-hybridized carbons (Fsp3) is 0.278. The topological polar surface area (TPSA) is 83.9 Å². The maximum atomic E-state index is 12.7. The van der Waals surface area contributed by atoms with Crippen molar-refractivity contribution >= 4 is 16.0 Å². The van der Waals surface area contributed by atoms with Crippen LogP contribution < -0.4 is 4.74 Å². The van der Waals surface area contributed by atoms with E-state index in [1.807, 2.05) is 30.3 Å². The molecule has 25 heavy (non-hydrogen) atoms. The molecule has 1 N–H and O–H groups in total. The number of carboxylic acid groups (broad SMARTS) is 1. The SMILES string of the molecule is O=C(O)C1CCCN1S(=O)(=O)c1ccc(OCc2ccccc2)cc1. The van der Waals surface area contributed by atoms with Crippen LogP contribution in [0.25, 0.3) is 0 Å². The Morgan fingerprint density at radius 3 is 2.44 bits per heavy atom. The fourth-order valence-corrected chi connectivity index (χ4v) is 4.51. The smallest absolute Gasteiger partial charge is 0.322 e. The van der Waals surface area contributed by atoms with Gasteiger partial charge < -0.3 is 9.84 Å². The first-order valence-corrected chi connectivity index (χ1v) is 9.44. The van der Waals surface area contributed by atoms with Gasteiger partial charge in [-0.05, 0) is 42.7 Å². The van der Waals surface area contributed by atoms with E-state index in [1.54, 1.807) is 12.1 Å². The van der Waals surface area contributed by atoms with Crippen LogP contribution in [0.1, 0.15) is 18.4 Å². The number of sulfonamides is 1. The normalized spacial score (nSPS) is 18.2. The van der Waals surface area contributed by atoms with Gasteiger partial charge in [-0.15, -0.1) is 0 Å². The molecule has 1 saturated heterocycles. The first-order valence-electron chi connectivity index (χ1n) is 8.00. The molecule has 0 saturated carbocycles. The van der Waals surface area contributed by atoms with E-state index in [1.165, 1.54) is 12.1 Å². The van der Waals surface area contributed by atoms with Gasteiger partial charge in [0.25, 0.3) is 0 Å². The molecule has 0 aromatic heterocycles. The number of nitrogens with zero attached hydrogens (tertiary/aromatic N) is 1. The Morgan fingerprint density at radius 1 is 1.12 bits per heavy atom. The molecule has 1 fully saturated rings. The number of benzene rings is 2. The maximum absolute atomic E-state index is 12.7. The van der Waals surface area contributed by atoms with Crippen molar-refractivity contribution in [3.63, 3.8) is 0 Å². The molecule has 6 nitrogen and oxygen atoms in total. The number of aliphatic carboxylic acids is 1. The molecule has 0 amide bonds. The molecule has 1 atom stereocenters. The van der Waals surface area contributed by atoms with Crippen molar-refractivity contribution in [1.29, 1.82) is 0 Å². The predicted molar refractivity (Wildman–Crippen MR) is 91.8 cm³/mol. The lowest BCUT2D eigenvalue weighted by Crippen LogP contribution is -2.40. The highest BCUT2D eigenvalue weighted by atomic mass is 32.2. The lowest BCUT2D eigenvalue weighted by atomic mass is 10.2. The number of ether oxygens (including phenoxy) is 1. The Morgan fingerprint density at radius 2 is 1.80 bits per heavy atom. The fourth-order valence-electron chi connectivity index (χ4n) is 2.86. The monoisotopic (exact) mass is 361 g/mol. The second-order valence-corrected chi connectivity index (χ2v) is 7.75. The summed E-state index contributed by atoms with van der Waals surface area (Å²) in [5.41, 5.74) is 1.01. The van der Waals surface area contributed by atoms with Crippen LogP contribution >= 0.6 is 0 Å². The third-order valence-electron chi connectivity index (χ3n) is 4.17.